The van der Waals surface area contributed by atoms with Gasteiger partial charge in [-0.15, -0.1) is 0 Å². The summed E-state index contributed by atoms with van der Waals surface area (Å²) >= 11 is 7.60. The van der Waals surface area contributed by atoms with Crippen molar-refractivity contribution >= 4 is 39.2 Å². The third kappa shape index (κ3) is 4.74. The van der Waals surface area contributed by atoms with Crippen molar-refractivity contribution in [1.82, 2.24) is 14.7 Å². The molecule has 0 aliphatic carbocycles. The van der Waals surface area contributed by atoms with E-state index in [4.69, 9.17) is 11.6 Å². The zero-order valence-corrected chi connectivity index (χ0v) is 18.0. The lowest BCUT2D eigenvalue weighted by Crippen LogP contribution is -2.37. The van der Waals surface area contributed by atoms with Gasteiger partial charge in [-0.3, -0.25) is 0 Å². The van der Waals surface area contributed by atoms with Crippen molar-refractivity contribution in [2.45, 2.75) is 41.5 Å². The molecule has 6 nitrogen and oxygen atoms in total. The predicted octanol–water partition coefficient (Wildman–Crippen LogP) is 3.82. The first-order chi connectivity index (χ1) is 12.7. The van der Waals surface area contributed by atoms with Gasteiger partial charge in [0.25, 0.3) is 0 Å². The van der Waals surface area contributed by atoms with E-state index in [9.17, 15) is 8.42 Å². The number of benzene rings is 1. The van der Waals surface area contributed by atoms with Crippen LogP contribution in [0.4, 0.5) is 5.82 Å². The minimum Gasteiger partial charge on any atom is -0.355 e. The molecule has 2 heterocycles. The molecule has 0 bridgehead atoms. The number of sulfonamides is 1. The van der Waals surface area contributed by atoms with Gasteiger partial charge in [0.15, 0.2) is 0 Å². The van der Waals surface area contributed by atoms with Crippen molar-refractivity contribution in [2.24, 2.45) is 5.41 Å². The van der Waals surface area contributed by atoms with Gasteiger partial charge in [0.2, 0.25) is 10.0 Å². The fourth-order valence-electron chi connectivity index (χ4n) is 2.87. The molecular formula is C18H23ClN4O2S2. The van der Waals surface area contributed by atoms with E-state index in [1.807, 2.05) is 0 Å². The van der Waals surface area contributed by atoms with E-state index in [2.05, 4.69) is 33.4 Å². The number of hydrogen-bond donors (Lipinski definition) is 1. The molecule has 0 radical (unpaired) electrons. The third-order valence-electron chi connectivity index (χ3n) is 4.76. The third-order valence-corrected chi connectivity index (χ3v) is 7.82. The average Bonchev–Trinajstić information content (AvgIpc) is 2.64. The molecule has 1 aliphatic rings. The first kappa shape index (κ1) is 20.4. The molecular weight excluding hydrogens is 404 g/mol. The molecule has 0 amide bonds. The van der Waals surface area contributed by atoms with Crippen LogP contribution in [0.5, 0.6) is 0 Å². The Labute approximate surface area is 169 Å². The van der Waals surface area contributed by atoms with Crippen LogP contribution in [0.25, 0.3) is 0 Å². The highest BCUT2D eigenvalue weighted by atomic mass is 35.5. The highest BCUT2D eigenvalue weighted by Gasteiger charge is 2.26. The Morgan fingerprint density at radius 1 is 1.19 bits per heavy atom. The second-order valence-corrected chi connectivity index (χ2v) is 10.5. The summed E-state index contributed by atoms with van der Waals surface area (Å²) in [6, 6.07) is 4.91. The summed E-state index contributed by atoms with van der Waals surface area (Å²) in [4.78, 5) is 11.9. The van der Waals surface area contributed by atoms with Crippen LogP contribution in [0.3, 0.4) is 0 Å². The van der Waals surface area contributed by atoms with Crippen LogP contribution in [-0.2, 0) is 10.0 Å². The average molecular weight is 427 g/mol. The van der Waals surface area contributed by atoms with Crippen LogP contribution in [0.2, 0.25) is 5.02 Å². The Hall–Kier alpha value is -1.35. The van der Waals surface area contributed by atoms with Gasteiger partial charge >= 0.3 is 0 Å². The Morgan fingerprint density at radius 3 is 2.48 bits per heavy atom. The summed E-state index contributed by atoms with van der Waals surface area (Å²) in [5.41, 5.74) is 0.384. The first-order valence-corrected chi connectivity index (χ1v) is 11.4. The van der Waals surface area contributed by atoms with E-state index >= 15 is 0 Å². The van der Waals surface area contributed by atoms with E-state index in [-0.39, 0.29) is 9.92 Å². The number of nitrogens with zero attached hydrogens (tertiary/aromatic N) is 3. The molecule has 2 aromatic rings. The van der Waals surface area contributed by atoms with Crippen LogP contribution in [-0.4, -0.2) is 38.5 Å². The van der Waals surface area contributed by atoms with Crippen molar-refractivity contribution in [2.75, 3.05) is 25.0 Å². The maximum atomic E-state index is 12.1. The number of halogens is 1. The van der Waals surface area contributed by atoms with Crippen molar-refractivity contribution < 1.29 is 8.42 Å². The molecule has 9 heteroatoms. The van der Waals surface area contributed by atoms with Gasteiger partial charge in [0.05, 0.1) is 17.4 Å². The molecule has 1 aliphatic heterocycles. The lowest BCUT2D eigenvalue weighted by atomic mass is 9.83. The molecule has 0 atom stereocenters. The van der Waals surface area contributed by atoms with Gasteiger partial charge < -0.3 is 4.90 Å². The Morgan fingerprint density at radius 2 is 1.89 bits per heavy atom. The summed E-state index contributed by atoms with van der Waals surface area (Å²) in [6.07, 6.45) is 5.74. The van der Waals surface area contributed by atoms with Crippen molar-refractivity contribution in [3.63, 3.8) is 0 Å². The number of hydrogen-bond acceptors (Lipinski definition) is 6. The summed E-state index contributed by atoms with van der Waals surface area (Å²) in [6.45, 7) is 6.54. The Balaban J connectivity index is 1.75. The molecule has 0 unspecified atom stereocenters. The summed E-state index contributed by atoms with van der Waals surface area (Å²) in [7, 11) is -2.25. The molecule has 1 saturated heterocycles. The quantitative estimate of drug-likeness (QED) is 0.783. The van der Waals surface area contributed by atoms with E-state index in [1.165, 1.54) is 24.9 Å². The molecule has 1 aromatic carbocycles. The first-order valence-electron chi connectivity index (χ1n) is 8.69. The molecule has 146 valence electrons. The normalized spacial score (nSPS) is 17.1. The van der Waals surface area contributed by atoms with Crippen molar-refractivity contribution in [3.05, 3.63) is 35.6 Å². The lowest BCUT2D eigenvalue weighted by Gasteiger charge is -2.37. The van der Waals surface area contributed by atoms with Gasteiger partial charge in [0.1, 0.15) is 15.7 Å². The number of anilines is 1. The summed E-state index contributed by atoms with van der Waals surface area (Å²) in [5, 5.41) is 0.845. The topological polar surface area (TPSA) is 75.2 Å². The van der Waals surface area contributed by atoms with E-state index in [0.29, 0.717) is 15.3 Å². The molecule has 1 fully saturated rings. The number of rotatable bonds is 5. The van der Waals surface area contributed by atoms with Gasteiger partial charge in [-0.25, -0.2) is 23.1 Å². The molecule has 0 saturated carbocycles. The van der Waals surface area contributed by atoms with Gasteiger partial charge in [-0.2, -0.15) is 0 Å². The van der Waals surface area contributed by atoms with Gasteiger partial charge in [-0.1, -0.05) is 43.3 Å². The van der Waals surface area contributed by atoms with E-state index in [0.717, 1.165) is 31.7 Å². The maximum absolute atomic E-state index is 12.1. The number of aromatic nitrogens is 2. The van der Waals surface area contributed by atoms with E-state index in [1.54, 1.807) is 24.5 Å². The number of nitrogens with one attached hydrogen (secondary N) is 1. The van der Waals surface area contributed by atoms with Crippen molar-refractivity contribution in [1.29, 1.82) is 0 Å². The van der Waals surface area contributed by atoms with Crippen LogP contribution in [0, 0.1) is 5.41 Å². The second kappa shape index (κ2) is 7.95. The minimum absolute atomic E-state index is 0.0529. The standard InChI is InChI=1S/C18H23ClN4O2S2/c1-18(2)7-9-23(10-8-18)15-11-22-16(12-21-15)26-13-5-4-6-14(17(13)19)27(24,25)20-3/h4-6,11-12,20H,7-10H2,1-3H3. The predicted molar refractivity (Wildman–Crippen MR) is 109 cm³/mol. The van der Waals surface area contributed by atoms with Crippen LogP contribution in [0.1, 0.15) is 26.7 Å². The fraction of sp³-hybridized carbons (Fsp3) is 0.444. The summed E-state index contributed by atoms with van der Waals surface area (Å²) < 4.78 is 26.4. The molecule has 1 N–H and O–H groups in total. The lowest BCUT2D eigenvalue weighted by molar-refractivity contribution is 0.279. The van der Waals surface area contributed by atoms with E-state index < -0.39 is 10.0 Å². The van der Waals surface area contributed by atoms with Gasteiger partial charge in [-0.05, 0) is 37.4 Å². The minimum atomic E-state index is -3.61. The zero-order chi connectivity index (χ0) is 19.7. The monoisotopic (exact) mass is 426 g/mol. The number of piperidine rings is 1. The van der Waals surface area contributed by atoms with Gasteiger partial charge in [0, 0.05) is 18.0 Å². The SMILES string of the molecule is CNS(=O)(=O)c1cccc(Sc2cnc(N3CCC(C)(C)CC3)cn2)c1Cl. The molecule has 27 heavy (non-hydrogen) atoms. The molecule has 1 aromatic heterocycles. The zero-order valence-electron chi connectivity index (χ0n) is 15.6. The fourth-order valence-corrected chi connectivity index (χ4v) is 5.08. The molecule has 3 rings (SSSR count). The summed E-state index contributed by atoms with van der Waals surface area (Å²) in [5.74, 6) is 0.868. The molecule has 0 spiro atoms. The largest absolute Gasteiger partial charge is 0.355 e. The highest BCUT2D eigenvalue weighted by molar-refractivity contribution is 7.99. The van der Waals surface area contributed by atoms with Crippen LogP contribution in [0.15, 0.2) is 45.4 Å². The van der Waals surface area contributed by atoms with Crippen molar-refractivity contribution in [3.8, 4) is 0 Å². The Kier molecular flexibility index (Phi) is 6.00. The Bertz CT molecular complexity index is 907. The van der Waals surface area contributed by atoms with Crippen LogP contribution < -0.4 is 9.62 Å². The second-order valence-electron chi connectivity index (χ2n) is 7.24. The maximum Gasteiger partial charge on any atom is 0.241 e. The van der Waals surface area contributed by atoms with Crippen LogP contribution >= 0.6 is 23.4 Å². The highest BCUT2D eigenvalue weighted by Crippen LogP contribution is 2.36. The smallest absolute Gasteiger partial charge is 0.241 e.